The van der Waals surface area contributed by atoms with Gasteiger partial charge >= 0.3 is 12.2 Å². The topological polar surface area (TPSA) is 98.3 Å². The van der Waals surface area contributed by atoms with Crippen LogP contribution in [0.2, 0.25) is 0 Å². The number of nitrogens with zero attached hydrogens (tertiary/aromatic N) is 4. The summed E-state index contributed by atoms with van der Waals surface area (Å²) in [5.41, 5.74) is -1.63. The molecule has 3 heterocycles. The minimum atomic E-state index is -4.58. The van der Waals surface area contributed by atoms with Crippen LogP contribution >= 0.6 is 12.4 Å². The number of carbonyl (C=O) groups excluding carboxylic acids is 3. The molecule has 4 amide bonds. The molecule has 0 N–H and O–H groups in total. The Bertz CT molecular complexity index is 1630. The molecule has 262 valence electrons. The first-order valence-electron chi connectivity index (χ1n) is 16.3. The third-order valence-electron chi connectivity index (χ3n) is 10.9. The second-order valence-electron chi connectivity index (χ2n) is 13.6. The number of rotatable bonds is 8. The van der Waals surface area contributed by atoms with E-state index in [9.17, 15) is 36.0 Å². The van der Waals surface area contributed by atoms with Crippen molar-refractivity contribution in [3.05, 3.63) is 65.7 Å². The number of urea groups is 1. The molecule has 14 heteroatoms. The molecule has 0 radical (unpaired) electrons. The second-order valence-corrected chi connectivity index (χ2v) is 15.6. The number of hydrogen-bond donors (Lipinski definition) is 0. The fourth-order valence-electron chi connectivity index (χ4n) is 8.06. The van der Waals surface area contributed by atoms with Gasteiger partial charge in [0.25, 0.3) is 5.91 Å². The van der Waals surface area contributed by atoms with Crippen molar-refractivity contribution < 1.29 is 36.0 Å². The number of likely N-dealkylation sites (N-methyl/N-ethyl adjacent to an activating group) is 1. The number of amides is 4. The van der Waals surface area contributed by atoms with Crippen LogP contribution < -0.4 is 0 Å². The fraction of sp³-hybridized carbons (Fsp3) is 0.559. The first kappa shape index (κ1) is 36.1. The van der Waals surface area contributed by atoms with E-state index in [1.165, 1.54) is 21.9 Å². The van der Waals surface area contributed by atoms with E-state index < -0.39 is 32.9 Å². The SMILES string of the molecule is CCN1C(=O)N(Cc2ccc(S(C)(=O)=O)cc2)C(=O)C12CCN(CC1CN(C(=O)C3(C(F)(F)F)CCC3)CC1c1ccccc1)CC2.Cl. The number of hydrogen-bond acceptors (Lipinski definition) is 6. The van der Waals surface area contributed by atoms with Crippen LogP contribution in [0.5, 0.6) is 0 Å². The van der Waals surface area contributed by atoms with Crippen molar-refractivity contribution in [1.29, 1.82) is 0 Å². The molecule has 1 spiro atoms. The first-order chi connectivity index (χ1) is 22.2. The van der Waals surface area contributed by atoms with Crippen LogP contribution in [0, 0.1) is 11.3 Å². The maximum atomic E-state index is 14.1. The zero-order valence-corrected chi connectivity index (χ0v) is 28.7. The highest BCUT2D eigenvalue weighted by Crippen LogP contribution is 2.55. The highest BCUT2D eigenvalue weighted by molar-refractivity contribution is 7.90. The van der Waals surface area contributed by atoms with Crippen molar-refractivity contribution in [2.45, 2.75) is 68.1 Å². The van der Waals surface area contributed by atoms with Crippen LogP contribution in [0.15, 0.2) is 59.5 Å². The predicted molar refractivity (Wildman–Crippen MR) is 175 cm³/mol. The lowest BCUT2D eigenvalue weighted by Gasteiger charge is -2.44. The van der Waals surface area contributed by atoms with Crippen molar-refractivity contribution in [2.75, 3.05) is 45.5 Å². The Morgan fingerprint density at radius 1 is 0.938 bits per heavy atom. The Labute approximate surface area is 285 Å². The van der Waals surface area contributed by atoms with Crippen LogP contribution in [0.1, 0.15) is 56.1 Å². The fourth-order valence-corrected chi connectivity index (χ4v) is 8.69. The van der Waals surface area contributed by atoms with Crippen molar-refractivity contribution in [3.63, 3.8) is 0 Å². The lowest BCUT2D eigenvalue weighted by atomic mass is 9.67. The third kappa shape index (κ3) is 6.22. The average molecular weight is 711 g/mol. The molecule has 48 heavy (non-hydrogen) atoms. The quantitative estimate of drug-likeness (QED) is 0.354. The second kappa shape index (κ2) is 13.3. The summed E-state index contributed by atoms with van der Waals surface area (Å²) >= 11 is 0. The van der Waals surface area contributed by atoms with Gasteiger partial charge in [-0.2, -0.15) is 13.2 Å². The number of imide groups is 1. The lowest BCUT2D eigenvalue weighted by molar-refractivity contribution is -0.248. The van der Waals surface area contributed by atoms with E-state index in [0.717, 1.165) is 11.8 Å². The Morgan fingerprint density at radius 2 is 1.56 bits per heavy atom. The predicted octanol–water partition coefficient (Wildman–Crippen LogP) is 5.11. The van der Waals surface area contributed by atoms with E-state index in [1.54, 1.807) is 17.0 Å². The zero-order chi connectivity index (χ0) is 33.8. The van der Waals surface area contributed by atoms with E-state index in [2.05, 4.69) is 4.90 Å². The van der Waals surface area contributed by atoms with Gasteiger partial charge < -0.3 is 14.7 Å². The van der Waals surface area contributed by atoms with Crippen molar-refractivity contribution >= 4 is 40.1 Å². The number of piperidine rings is 1. The van der Waals surface area contributed by atoms with Gasteiger partial charge in [-0.25, -0.2) is 13.2 Å². The largest absolute Gasteiger partial charge is 0.403 e. The summed E-state index contributed by atoms with van der Waals surface area (Å²) in [4.78, 5) is 47.5. The molecule has 0 bridgehead atoms. The van der Waals surface area contributed by atoms with E-state index in [-0.39, 0.29) is 73.6 Å². The molecular formula is C34H42ClF3N4O5S. The molecular weight excluding hydrogens is 669 g/mol. The number of alkyl halides is 3. The van der Waals surface area contributed by atoms with Crippen molar-refractivity contribution in [1.82, 2.24) is 19.6 Å². The summed E-state index contributed by atoms with van der Waals surface area (Å²) in [5.74, 6) is -1.28. The van der Waals surface area contributed by atoms with Crippen LogP contribution in [0.3, 0.4) is 0 Å². The lowest BCUT2D eigenvalue weighted by Crippen LogP contribution is -2.57. The van der Waals surface area contributed by atoms with Gasteiger partial charge in [0.15, 0.2) is 9.84 Å². The van der Waals surface area contributed by atoms with Crippen LogP contribution in [-0.2, 0) is 26.0 Å². The minimum Gasteiger partial charge on any atom is -0.341 e. The number of benzene rings is 2. The van der Waals surface area contributed by atoms with Gasteiger partial charge in [-0.1, -0.05) is 48.9 Å². The standard InChI is InChI=1S/C34H41F3N4O5S.ClH/c1-3-41-31(44)40(20-24-10-12-27(13-11-24)47(2,45)46)30(43)33(41)16-18-38(19-17-33)21-26-22-39(23-28(26)25-8-5-4-6-9-25)29(42)32(14-7-15-32)34(35,36)37;/h4-6,8-13,26,28H,3,7,14-23H2,1-2H3;1H. The summed E-state index contributed by atoms with van der Waals surface area (Å²) in [6, 6.07) is 15.4. The maximum absolute atomic E-state index is 14.1. The zero-order valence-electron chi connectivity index (χ0n) is 27.1. The van der Waals surface area contributed by atoms with Gasteiger partial charge in [0.05, 0.1) is 11.4 Å². The summed E-state index contributed by atoms with van der Waals surface area (Å²) in [7, 11) is -3.38. The van der Waals surface area contributed by atoms with E-state index in [4.69, 9.17) is 0 Å². The first-order valence-corrected chi connectivity index (χ1v) is 18.2. The van der Waals surface area contributed by atoms with Crippen LogP contribution in [0.25, 0.3) is 0 Å². The van der Waals surface area contributed by atoms with Crippen molar-refractivity contribution in [3.8, 4) is 0 Å². The van der Waals surface area contributed by atoms with Gasteiger partial charge in [0.2, 0.25) is 5.91 Å². The van der Waals surface area contributed by atoms with Crippen molar-refractivity contribution in [2.24, 2.45) is 11.3 Å². The summed E-state index contributed by atoms with van der Waals surface area (Å²) < 4.78 is 66.0. The Morgan fingerprint density at radius 3 is 2.08 bits per heavy atom. The van der Waals surface area contributed by atoms with Gasteiger partial charge in [0.1, 0.15) is 11.0 Å². The Balaban J connectivity index is 0.00000451. The third-order valence-corrected chi connectivity index (χ3v) is 12.0. The molecule has 4 fully saturated rings. The molecule has 4 aliphatic rings. The summed E-state index contributed by atoms with van der Waals surface area (Å²) in [6.07, 6.45) is -2.56. The molecule has 3 aliphatic heterocycles. The molecule has 1 aliphatic carbocycles. The number of carbonyl (C=O) groups is 3. The smallest absolute Gasteiger partial charge is 0.341 e. The highest BCUT2D eigenvalue weighted by Gasteiger charge is 2.65. The highest BCUT2D eigenvalue weighted by atomic mass is 35.5. The van der Waals surface area contributed by atoms with Gasteiger partial charge in [-0.05, 0) is 61.8 Å². The summed E-state index contributed by atoms with van der Waals surface area (Å²) in [6.45, 7) is 4.30. The molecule has 9 nitrogen and oxygen atoms in total. The van der Waals surface area contributed by atoms with Crippen LogP contribution in [0.4, 0.5) is 18.0 Å². The number of halogens is 4. The number of likely N-dealkylation sites (tertiary alicyclic amines) is 2. The number of sulfone groups is 1. The Hall–Kier alpha value is -3.16. The molecule has 2 atom stereocenters. The average Bonchev–Trinajstić information content (AvgIpc) is 3.50. The molecule has 1 saturated carbocycles. The van der Waals surface area contributed by atoms with E-state index >= 15 is 0 Å². The normalized spacial score (nSPS) is 24.1. The molecule has 3 saturated heterocycles. The van der Waals surface area contributed by atoms with E-state index in [1.807, 2.05) is 37.3 Å². The molecule has 2 unspecified atom stereocenters. The maximum Gasteiger partial charge on any atom is 0.403 e. The van der Waals surface area contributed by atoms with Crippen LogP contribution in [-0.4, -0.2) is 103 Å². The molecule has 0 aromatic heterocycles. The minimum absolute atomic E-state index is 0. The summed E-state index contributed by atoms with van der Waals surface area (Å²) in [5, 5.41) is 0. The Kier molecular flexibility index (Phi) is 9.99. The van der Waals surface area contributed by atoms with Gasteiger partial charge in [0, 0.05) is 51.4 Å². The van der Waals surface area contributed by atoms with Gasteiger partial charge in [-0.15, -0.1) is 12.4 Å². The van der Waals surface area contributed by atoms with E-state index in [0.29, 0.717) is 51.0 Å². The monoisotopic (exact) mass is 710 g/mol. The molecule has 2 aromatic rings. The molecule has 6 rings (SSSR count). The van der Waals surface area contributed by atoms with Gasteiger partial charge in [-0.3, -0.25) is 14.5 Å². The molecule has 2 aromatic carbocycles.